The van der Waals surface area contributed by atoms with Crippen LogP contribution in [0.3, 0.4) is 0 Å². The molecule has 1 aliphatic heterocycles. The average molecular weight is 391 g/mol. The summed E-state index contributed by atoms with van der Waals surface area (Å²) in [5.41, 5.74) is 1.31. The number of aliphatic hydroxyl groups is 1. The first-order valence-corrected chi connectivity index (χ1v) is 10.5. The van der Waals surface area contributed by atoms with Crippen molar-refractivity contribution in [3.63, 3.8) is 0 Å². The van der Waals surface area contributed by atoms with Crippen LogP contribution in [0.2, 0.25) is 0 Å². The molecule has 3 rings (SSSR count). The second kappa shape index (κ2) is 10.8. The van der Waals surface area contributed by atoms with Gasteiger partial charge in [-0.05, 0) is 48.7 Å². The Hall–Kier alpha value is -1.44. The van der Waals surface area contributed by atoms with Crippen LogP contribution in [0.25, 0.3) is 0 Å². The molecule has 1 fully saturated rings. The molecular weight excluding hydrogens is 360 g/mol. The van der Waals surface area contributed by atoms with Gasteiger partial charge in [-0.1, -0.05) is 18.2 Å². The zero-order chi connectivity index (χ0) is 18.9. The third-order valence-corrected chi connectivity index (χ3v) is 5.70. The number of thiophene rings is 1. The van der Waals surface area contributed by atoms with E-state index in [2.05, 4.69) is 28.0 Å². The second-order valence-corrected chi connectivity index (χ2v) is 8.06. The maximum absolute atomic E-state index is 10.3. The van der Waals surface area contributed by atoms with Crippen LogP contribution < -0.4 is 4.74 Å². The number of hydrogen-bond donors (Lipinski definition) is 1. The molecule has 27 heavy (non-hydrogen) atoms. The summed E-state index contributed by atoms with van der Waals surface area (Å²) >= 11 is 1.69. The van der Waals surface area contributed by atoms with E-state index in [1.54, 1.807) is 18.4 Å². The maximum Gasteiger partial charge on any atom is 0.118 e. The summed E-state index contributed by atoms with van der Waals surface area (Å²) in [5, 5.41) is 12.3. The molecule has 5 nitrogen and oxygen atoms in total. The van der Waals surface area contributed by atoms with Crippen LogP contribution in [0, 0.1) is 0 Å². The topological polar surface area (TPSA) is 45.2 Å². The summed E-state index contributed by atoms with van der Waals surface area (Å²) in [5.74, 6) is 0.899. The van der Waals surface area contributed by atoms with Gasteiger partial charge in [-0.25, -0.2) is 0 Å². The van der Waals surface area contributed by atoms with Crippen molar-refractivity contribution in [1.82, 2.24) is 9.80 Å². The fourth-order valence-electron chi connectivity index (χ4n) is 3.40. The zero-order valence-corrected chi connectivity index (χ0v) is 16.9. The molecule has 148 valence electrons. The van der Waals surface area contributed by atoms with E-state index in [-0.39, 0.29) is 0 Å². The summed E-state index contributed by atoms with van der Waals surface area (Å²) in [6.45, 7) is 6.75. The first-order valence-electron chi connectivity index (χ1n) is 9.59. The molecule has 0 radical (unpaired) electrons. The van der Waals surface area contributed by atoms with Crippen LogP contribution in [0.1, 0.15) is 16.9 Å². The lowest BCUT2D eigenvalue weighted by Crippen LogP contribution is -2.37. The van der Waals surface area contributed by atoms with Crippen molar-refractivity contribution in [2.75, 3.05) is 46.4 Å². The van der Waals surface area contributed by atoms with Crippen molar-refractivity contribution in [2.45, 2.75) is 25.7 Å². The van der Waals surface area contributed by atoms with Gasteiger partial charge >= 0.3 is 0 Å². The normalized spacial score (nSPS) is 17.6. The monoisotopic (exact) mass is 390 g/mol. The number of aliphatic hydroxyl groups excluding tert-OH is 1. The predicted molar refractivity (Wildman–Crippen MR) is 109 cm³/mol. The minimum absolute atomic E-state index is 0.393. The zero-order valence-electron chi connectivity index (χ0n) is 16.0. The van der Waals surface area contributed by atoms with Crippen LogP contribution >= 0.6 is 11.3 Å². The second-order valence-electron chi connectivity index (χ2n) is 7.03. The first kappa shape index (κ1) is 20.3. The highest BCUT2D eigenvalue weighted by molar-refractivity contribution is 7.09. The standard InChI is InChI=1S/C21H30N2O3S/c1-25-20-7-5-18(6-8-20)14-22-9-3-10-23(12-11-22)15-19(24)16-26-17-21-4-2-13-27-21/h2,4-8,13,19,24H,3,9-12,14-17H2,1H3. The Morgan fingerprint density at radius 1 is 1.07 bits per heavy atom. The van der Waals surface area contributed by atoms with E-state index in [1.165, 1.54) is 10.4 Å². The smallest absolute Gasteiger partial charge is 0.118 e. The largest absolute Gasteiger partial charge is 0.497 e. The summed E-state index contributed by atoms with van der Waals surface area (Å²) in [6.07, 6.45) is 0.692. The molecule has 1 aromatic heterocycles. The van der Waals surface area contributed by atoms with Gasteiger partial charge in [0.1, 0.15) is 5.75 Å². The van der Waals surface area contributed by atoms with Gasteiger partial charge in [0.25, 0.3) is 0 Å². The third-order valence-electron chi connectivity index (χ3n) is 4.85. The molecule has 0 bridgehead atoms. The van der Waals surface area contributed by atoms with E-state index in [9.17, 15) is 5.11 Å². The highest BCUT2D eigenvalue weighted by Crippen LogP contribution is 2.14. The molecule has 0 spiro atoms. The Balaban J connectivity index is 1.37. The van der Waals surface area contributed by atoms with Crippen molar-refractivity contribution in [1.29, 1.82) is 0 Å². The van der Waals surface area contributed by atoms with Gasteiger partial charge in [-0.3, -0.25) is 9.80 Å². The highest BCUT2D eigenvalue weighted by Gasteiger charge is 2.17. The van der Waals surface area contributed by atoms with Crippen LogP contribution in [-0.2, 0) is 17.9 Å². The maximum atomic E-state index is 10.3. The van der Waals surface area contributed by atoms with E-state index in [0.29, 0.717) is 19.8 Å². The summed E-state index contributed by atoms with van der Waals surface area (Å²) in [4.78, 5) is 6.04. The fourth-order valence-corrected chi connectivity index (χ4v) is 4.04. The Kier molecular flexibility index (Phi) is 8.10. The summed E-state index contributed by atoms with van der Waals surface area (Å²) in [6, 6.07) is 12.4. The minimum Gasteiger partial charge on any atom is -0.497 e. The molecule has 1 unspecified atom stereocenters. The van der Waals surface area contributed by atoms with Crippen LogP contribution in [0.5, 0.6) is 5.75 Å². The van der Waals surface area contributed by atoms with Crippen molar-refractivity contribution < 1.29 is 14.6 Å². The number of ether oxygens (including phenoxy) is 2. The molecule has 1 N–H and O–H groups in total. The SMILES string of the molecule is COc1ccc(CN2CCCN(CC(O)COCc3cccs3)CC2)cc1. The van der Waals surface area contributed by atoms with Gasteiger partial charge in [-0.15, -0.1) is 11.3 Å². The lowest BCUT2D eigenvalue weighted by molar-refractivity contribution is 0.0113. The van der Waals surface area contributed by atoms with E-state index in [4.69, 9.17) is 9.47 Å². The lowest BCUT2D eigenvalue weighted by Gasteiger charge is -2.24. The van der Waals surface area contributed by atoms with Crippen molar-refractivity contribution in [3.8, 4) is 5.75 Å². The van der Waals surface area contributed by atoms with Gasteiger partial charge in [0, 0.05) is 31.1 Å². The van der Waals surface area contributed by atoms with Gasteiger partial charge in [0.15, 0.2) is 0 Å². The van der Waals surface area contributed by atoms with Crippen LogP contribution in [-0.4, -0.2) is 67.5 Å². The lowest BCUT2D eigenvalue weighted by atomic mass is 10.2. The van der Waals surface area contributed by atoms with Gasteiger partial charge < -0.3 is 14.6 Å². The molecular formula is C21H30N2O3S. The molecule has 1 aliphatic rings. The molecule has 6 heteroatoms. The van der Waals surface area contributed by atoms with Gasteiger partial charge in [0.05, 0.1) is 26.4 Å². The van der Waals surface area contributed by atoms with E-state index in [1.807, 2.05) is 23.6 Å². The Morgan fingerprint density at radius 2 is 1.85 bits per heavy atom. The van der Waals surface area contributed by atoms with Gasteiger partial charge in [-0.2, -0.15) is 0 Å². The summed E-state index contributed by atoms with van der Waals surface area (Å²) in [7, 11) is 1.69. The fraction of sp³-hybridized carbons (Fsp3) is 0.524. The van der Waals surface area contributed by atoms with Gasteiger partial charge in [0.2, 0.25) is 0 Å². The number of nitrogens with zero attached hydrogens (tertiary/aromatic N) is 2. The molecule has 0 saturated carbocycles. The van der Waals surface area contributed by atoms with Crippen molar-refractivity contribution >= 4 is 11.3 Å². The molecule has 0 amide bonds. The molecule has 1 atom stereocenters. The van der Waals surface area contributed by atoms with E-state index < -0.39 is 6.10 Å². The molecule has 2 aromatic rings. The minimum atomic E-state index is -0.432. The predicted octanol–water partition coefficient (Wildman–Crippen LogP) is 2.84. The number of rotatable bonds is 9. The Labute approximate surface area is 166 Å². The molecule has 1 saturated heterocycles. The van der Waals surface area contributed by atoms with E-state index >= 15 is 0 Å². The van der Waals surface area contributed by atoms with Crippen LogP contribution in [0.4, 0.5) is 0 Å². The Bertz CT molecular complexity index is 648. The van der Waals surface area contributed by atoms with Crippen molar-refractivity contribution in [3.05, 3.63) is 52.2 Å². The number of methoxy groups -OCH3 is 1. The number of β-amino-alcohol motifs (C(OH)–C–C–N with tert-alkyl or cyclic N) is 1. The first-order chi connectivity index (χ1) is 13.2. The summed E-state index contributed by atoms with van der Waals surface area (Å²) < 4.78 is 10.9. The van der Waals surface area contributed by atoms with E-state index in [0.717, 1.165) is 44.9 Å². The quantitative estimate of drug-likeness (QED) is 0.713. The number of benzene rings is 1. The van der Waals surface area contributed by atoms with Crippen LogP contribution in [0.15, 0.2) is 41.8 Å². The van der Waals surface area contributed by atoms with Crippen molar-refractivity contribution in [2.24, 2.45) is 0 Å². The molecule has 0 aliphatic carbocycles. The molecule has 1 aromatic carbocycles. The Morgan fingerprint density at radius 3 is 2.59 bits per heavy atom. The third kappa shape index (κ3) is 6.90. The highest BCUT2D eigenvalue weighted by atomic mass is 32.1. The average Bonchev–Trinajstić information content (AvgIpc) is 3.10. The number of hydrogen-bond acceptors (Lipinski definition) is 6. The molecule has 2 heterocycles.